The van der Waals surface area contributed by atoms with E-state index in [1.807, 2.05) is 20.8 Å². The fraction of sp³-hybridized carbons (Fsp3) is 0.818. The van der Waals surface area contributed by atoms with E-state index >= 15 is 0 Å². The molecule has 2 nitrogen and oxygen atoms in total. The second-order valence-corrected chi connectivity index (χ2v) is 4.49. The van der Waals surface area contributed by atoms with Crippen molar-refractivity contribution in [2.75, 3.05) is 6.61 Å². The summed E-state index contributed by atoms with van der Waals surface area (Å²) >= 11 is 0. The van der Waals surface area contributed by atoms with Crippen LogP contribution >= 0.6 is 0 Å². The molecule has 0 saturated carbocycles. The van der Waals surface area contributed by atoms with Gasteiger partial charge in [0.15, 0.2) is 0 Å². The predicted molar refractivity (Wildman–Crippen MR) is 57.7 cm³/mol. The first-order valence-corrected chi connectivity index (χ1v) is 4.91. The van der Waals surface area contributed by atoms with Crippen molar-refractivity contribution in [2.24, 2.45) is 5.73 Å². The summed E-state index contributed by atoms with van der Waals surface area (Å²) in [6.07, 6.45) is 1.87. The first-order chi connectivity index (χ1) is 5.85. The third-order valence-corrected chi connectivity index (χ3v) is 1.78. The maximum atomic E-state index is 5.87. The largest absolute Gasteiger partial charge is 0.374 e. The van der Waals surface area contributed by atoms with E-state index in [9.17, 15) is 0 Å². The van der Waals surface area contributed by atoms with E-state index in [0.717, 1.165) is 12.8 Å². The highest BCUT2D eigenvalue weighted by molar-refractivity contribution is 4.95. The van der Waals surface area contributed by atoms with Crippen molar-refractivity contribution >= 4 is 0 Å². The molecule has 0 rings (SSSR count). The zero-order chi connectivity index (χ0) is 10.5. The van der Waals surface area contributed by atoms with Crippen LogP contribution in [0.4, 0.5) is 0 Å². The molecule has 13 heavy (non-hydrogen) atoms. The molecule has 0 aromatic heterocycles. The molecule has 0 bridgehead atoms. The number of rotatable bonds is 5. The lowest BCUT2D eigenvalue weighted by Crippen LogP contribution is -2.32. The molecule has 0 radical (unpaired) electrons. The molecule has 0 spiro atoms. The van der Waals surface area contributed by atoms with Crippen LogP contribution in [0.1, 0.15) is 40.5 Å². The summed E-state index contributed by atoms with van der Waals surface area (Å²) < 4.78 is 5.57. The lowest BCUT2D eigenvalue weighted by molar-refractivity contribution is -0.00987. The molecule has 0 aromatic rings. The van der Waals surface area contributed by atoms with Gasteiger partial charge in [-0.15, -0.1) is 0 Å². The Morgan fingerprint density at radius 2 is 2.00 bits per heavy atom. The van der Waals surface area contributed by atoms with Crippen molar-refractivity contribution in [2.45, 2.75) is 52.2 Å². The second kappa shape index (κ2) is 5.40. The molecule has 78 valence electrons. The Morgan fingerprint density at radius 3 is 2.38 bits per heavy atom. The number of ether oxygens (including phenoxy) is 1. The Morgan fingerprint density at radius 1 is 1.46 bits per heavy atom. The summed E-state index contributed by atoms with van der Waals surface area (Å²) in [7, 11) is 0. The van der Waals surface area contributed by atoms with Gasteiger partial charge in [-0.05, 0) is 33.6 Å². The Labute approximate surface area is 82.2 Å². The van der Waals surface area contributed by atoms with Gasteiger partial charge in [0.05, 0.1) is 12.2 Å². The molecule has 0 aromatic carbocycles. The van der Waals surface area contributed by atoms with Crippen LogP contribution in [-0.4, -0.2) is 18.2 Å². The smallest absolute Gasteiger partial charge is 0.0627 e. The molecule has 0 fully saturated rings. The topological polar surface area (TPSA) is 35.2 Å². The zero-order valence-corrected chi connectivity index (χ0v) is 9.39. The van der Waals surface area contributed by atoms with E-state index in [-0.39, 0.29) is 11.6 Å². The molecule has 2 heteroatoms. The van der Waals surface area contributed by atoms with Crippen LogP contribution in [0.2, 0.25) is 0 Å². The van der Waals surface area contributed by atoms with Crippen LogP contribution in [0.5, 0.6) is 0 Å². The summed E-state index contributed by atoms with van der Waals surface area (Å²) in [6, 6.07) is 0.0895. The Kier molecular flexibility index (Phi) is 5.26. The highest BCUT2D eigenvalue weighted by atomic mass is 16.5. The molecule has 0 saturated heterocycles. The first kappa shape index (κ1) is 12.7. The van der Waals surface area contributed by atoms with E-state index in [1.54, 1.807) is 0 Å². The van der Waals surface area contributed by atoms with E-state index in [1.165, 1.54) is 5.57 Å². The van der Waals surface area contributed by atoms with Gasteiger partial charge in [0, 0.05) is 6.04 Å². The van der Waals surface area contributed by atoms with Gasteiger partial charge in [0.2, 0.25) is 0 Å². The SMILES string of the molecule is C=C(CC)CC(N)COC(C)(C)C. The van der Waals surface area contributed by atoms with Crippen molar-refractivity contribution in [1.29, 1.82) is 0 Å². The van der Waals surface area contributed by atoms with Gasteiger partial charge in [-0.25, -0.2) is 0 Å². The lowest BCUT2D eigenvalue weighted by atomic mass is 10.1. The Hall–Kier alpha value is -0.340. The van der Waals surface area contributed by atoms with Gasteiger partial charge in [-0.2, -0.15) is 0 Å². The third-order valence-electron chi connectivity index (χ3n) is 1.78. The third kappa shape index (κ3) is 8.00. The number of hydrogen-bond donors (Lipinski definition) is 1. The maximum Gasteiger partial charge on any atom is 0.0627 e. The van der Waals surface area contributed by atoms with Crippen LogP contribution in [0.25, 0.3) is 0 Å². The maximum absolute atomic E-state index is 5.87. The Balaban J connectivity index is 3.63. The minimum Gasteiger partial charge on any atom is -0.374 e. The molecule has 2 N–H and O–H groups in total. The van der Waals surface area contributed by atoms with Gasteiger partial charge < -0.3 is 10.5 Å². The van der Waals surface area contributed by atoms with Crippen molar-refractivity contribution in [3.8, 4) is 0 Å². The van der Waals surface area contributed by atoms with Crippen molar-refractivity contribution in [3.05, 3.63) is 12.2 Å². The van der Waals surface area contributed by atoms with Crippen LogP contribution in [0.15, 0.2) is 12.2 Å². The quantitative estimate of drug-likeness (QED) is 0.668. The van der Waals surface area contributed by atoms with Gasteiger partial charge >= 0.3 is 0 Å². The average Bonchev–Trinajstić information content (AvgIpc) is 1.99. The summed E-state index contributed by atoms with van der Waals surface area (Å²) in [5, 5.41) is 0. The first-order valence-electron chi connectivity index (χ1n) is 4.91. The number of nitrogens with two attached hydrogens (primary N) is 1. The second-order valence-electron chi connectivity index (χ2n) is 4.49. The molecule has 0 heterocycles. The van der Waals surface area contributed by atoms with Crippen LogP contribution in [0.3, 0.4) is 0 Å². The predicted octanol–water partition coefficient (Wildman–Crippen LogP) is 2.49. The summed E-state index contributed by atoms with van der Waals surface area (Å²) in [5.74, 6) is 0. The van der Waals surface area contributed by atoms with Crippen molar-refractivity contribution < 1.29 is 4.74 Å². The fourth-order valence-corrected chi connectivity index (χ4v) is 0.931. The van der Waals surface area contributed by atoms with E-state index in [2.05, 4.69) is 13.5 Å². The monoisotopic (exact) mass is 185 g/mol. The van der Waals surface area contributed by atoms with Gasteiger partial charge in [-0.1, -0.05) is 19.1 Å². The van der Waals surface area contributed by atoms with Crippen LogP contribution in [-0.2, 0) is 4.74 Å². The molecule has 0 aliphatic rings. The standard InChI is InChI=1S/C11H23NO/c1-6-9(2)7-10(12)8-13-11(3,4)5/h10H,2,6-8,12H2,1,3-5H3. The minimum absolute atomic E-state index is 0.0895. The molecule has 1 unspecified atom stereocenters. The van der Waals surface area contributed by atoms with Gasteiger partial charge in [0.25, 0.3) is 0 Å². The van der Waals surface area contributed by atoms with E-state index in [0.29, 0.717) is 6.61 Å². The average molecular weight is 185 g/mol. The molecule has 1 atom stereocenters. The molecular formula is C11H23NO. The van der Waals surface area contributed by atoms with Crippen molar-refractivity contribution in [3.63, 3.8) is 0 Å². The lowest BCUT2D eigenvalue weighted by Gasteiger charge is -2.22. The van der Waals surface area contributed by atoms with E-state index in [4.69, 9.17) is 10.5 Å². The fourth-order valence-electron chi connectivity index (χ4n) is 0.931. The molecule has 0 aliphatic heterocycles. The van der Waals surface area contributed by atoms with Gasteiger partial charge in [0.1, 0.15) is 0 Å². The highest BCUT2D eigenvalue weighted by Gasteiger charge is 2.12. The minimum atomic E-state index is -0.0921. The number of hydrogen-bond acceptors (Lipinski definition) is 2. The summed E-state index contributed by atoms with van der Waals surface area (Å²) in [6.45, 7) is 12.7. The highest BCUT2D eigenvalue weighted by Crippen LogP contribution is 2.10. The summed E-state index contributed by atoms with van der Waals surface area (Å²) in [4.78, 5) is 0. The molecule has 0 aliphatic carbocycles. The molecular weight excluding hydrogens is 162 g/mol. The van der Waals surface area contributed by atoms with Gasteiger partial charge in [-0.3, -0.25) is 0 Å². The normalized spacial score (nSPS) is 14.2. The van der Waals surface area contributed by atoms with Crippen LogP contribution in [0, 0.1) is 0 Å². The zero-order valence-electron chi connectivity index (χ0n) is 9.39. The Bertz CT molecular complexity index is 158. The van der Waals surface area contributed by atoms with Crippen LogP contribution < -0.4 is 5.73 Å². The molecule has 0 amide bonds. The van der Waals surface area contributed by atoms with E-state index < -0.39 is 0 Å². The van der Waals surface area contributed by atoms with Crippen molar-refractivity contribution in [1.82, 2.24) is 0 Å². The summed E-state index contributed by atoms with van der Waals surface area (Å²) in [5.41, 5.74) is 6.98.